The van der Waals surface area contributed by atoms with Gasteiger partial charge in [-0.15, -0.1) is 11.8 Å². The molecule has 1 atom stereocenters. The van der Waals surface area contributed by atoms with Crippen molar-refractivity contribution < 1.29 is 14.3 Å². The Morgan fingerprint density at radius 3 is 2.59 bits per heavy atom. The first kappa shape index (κ1) is 19.1. The molecule has 0 bridgehead atoms. The van der Waals surface area contributed by atoms with Gasteiger partial charge < -0.3 is 15.0 Å². The highest BCUT2D eigenvalue weighted by Gasteiger charge is 2.34. The molecule has 2 aromatic carbocycles. The summed E-state index contributed by atoms with van der Waals surface area (Å²) in [4.78, 5) is 26.6. The molecule has 1 fully saturated rings. The first-order chi connectivity index (χ1) is 13.1. The van der Waals surface area contributed by atoms with Crippen molar-refractivity contribution in [2.24, 2.45) is 0 Å². The van der Waals surface area contributed by atoms with Gasteiger partial charge in [-0.25, -0.2) is 0 Å². The second-order valence-electron chi connectivity index (χ2n) is 5.80. The van der Waals surface area contributed by atoms with Crippen LogP contribution in [0.15, 0.2) is 48.5 Å². The summed E-state index contributed by atoms with van der Waals surface area (Å²) >= 11 is 7.34. The lowest BCUT2D eigenvalue weighted by Gasteiger charge is -2.23. The van der Waals surface area contributed by atoms with Gasteiger partial charge in [-0.05, 0) is 48.5 Å². The number of carbonyl (C=O) groups is 2. The minimum absolute atomic E-state index is 0.150. The molecule has 1 N–H and O–H groups in total. The molecule has 0 radical (unpaired) electrons. The number of thioether (sulfide) groups is 1. The molecule has 1 saturated heterocycles. The van der Waals surface area contributed by atoms with E-state index < -0.39 is 6.04 Å². The van der Waals surface area contributed by atoms with Gasteiger partial charge in [0.05, 0.1) is 17.5 Å². The van der Waals surface area contributed by atoms with Gasteiger partial charge in [0.25, 0.3) is 5.91 Å². The van der Waals surface area contributed by atoms with E-state index in [0.717, 1.165) is 0 Å². The average molecular weight is 402 g/mol. The molecule has 6 nitrogen and oxygen atoms in total. The summed E-state index contributed by atoms with van der Waals surface area (Å²) in [5.74, 6) is 0.987. The van der Waals surface area contributed by atoms with Crippen molar-refractivity contribution in [2.45, 2.75) is 6.04 Å². The third-order valence-electron chi connectivity index (χ3n) is 3.96. The number of carbonyl (C=O) groups excluding carboxylic acids is 2. The lowest BCUT2D eigenvalue weighted by Crippen LogP contribution is -2.46. The van der Waals surface area contributed by atoms with Gasteiger partial charge in [0.15, 0.2) is 6.61 Å². The zero-order chi connectivity index (χ0) is 19.2. The molecule has 1 aliphatic heterocycles. The number of ether oxygens (including phenoxy) is 1. The molecule has 138 valence electrons. The number of benzene rings is 2. The maximum atomic E-state index is 12.6. The Bertz CT molecular complexity index is 865. The fourth-order valence-electron chi connectivity index (χ4n) is 2.52. The largest absolute Gasteiger partial charge is 0.484 e. The van der Waals surface area contributed by atoms with Crippen LogP contribution in [0.2, 0.25) is 5.02 Å². The summed E-state index contributed by atoms with van der Waals surface area (Å²) in [6.07, 6.45) is 0. The van der Waals surface area contributed by atoms with E-state index in [4.69, 9.17) is 21.6 Å². The van der Waals surface area contributed by atoms with Crippen molar-refractivity contribution in [3.63, 3.8) is 0 Å². The molecule has 0 spiro atoms. The molecule has 1 heterocycles. The standard InChI is InChI=1S/C19H16ClN3O3S/c20-14-3-7-16(8-4-14)26-10-18(24)23-12-27-11-17(23)19(25)22-15-5-1-13(9-21)2-6-15/h1-8,17H,10-12H2,(H,22,25). The van der Waals surface area contributed by atoms with Crippen LogP contribution < -0.4 is 10.1 Å². The number of nitriles is 1. The van der Waals surface area contributed by atoms with E-state index >= 15 is 0 Å². The number of hydrogen-bond donors (Lipinski definition) is 1. The summed E-state index contributed by atoms with van der Waals surface area (Å²) in [5, 5.41) is 12.2. The van der Waals surface area contributed by atoms with Crippen LogP contribution in [0, 0.1) is 11.3 Å². The number of halogens is 1. The lowest BCUT2D eigenvalue weighted by molar-refractivity contribution is -0.137. The summed E-state index contributed by atoms with van der Waals surface area (Å²) in [7, 11) is 0. The predicted octanol–water partition coefficient (Wildman–Crippen LogP) is 3.13. The van der Waals surface area contributed by atoms with Crippen LogP contribution in [0.1, 0.15) is 5.56 Å². The van der Waals surface area contributed by atoms with Crippen LogP contribution in [0.4, 0.5) is 5.69 Å². The zero-order valence-corrected chi connectivity index (χ0v) is 15.8. The van der Waals surface area contributed by atoms with Crippen molar-refractivity contribution >= 4 is 40.9 Å². The third-order valence-corrected chi connectivity index (χ3v) is 5.23. The average Bonchev–Trinajstić information content (AvgIpc) is 3.18. The van der Waals surface area contributed by atoms with Gasteiger partial charge in [0.2, 0.25) is 5.91 Å². The number of amides is 2. The molecule has 0 saturated carbocycles. The molecule has 0 aromatic heterocycles. The zero-order valence-electron chi connectivity index (χ0n) is 14.2. The van der Waals surface area contributed by atoms with Crippen molar-refractivity contribution in [3.05, 3.63) is 59.1 Å². The van der Waals surface area contributed by atoms with E-state index in [-0.39, 0.29) is 18.4 Å². The Balaban J connectivity index is 1.58. The van der Waals surface area contributed by atoms with Crippen LogP contribution in [-0.4, -0.2) is 41.0 Å². The molecule has 27 heavy (non-hydrogen) atoms. The van der Waals surface area contributed by atoms with Gasteiger partial charge in [-0.1, -0.05) is 11.6 Å². The van der Waals surface area contributed by atoms with E-state index in [1.807, 2.05) is 6.07 Å². The Hall–Kier alpha value is -2.69. The fourth-order valence-corrected chi connectivity index (χ4v) is 3.82. The van der Waals surface area contributed by atoms with Crippen molar-refractivity contribution in [2.75, 3.05) is 23.6 Å². The van der Waals surface area contributed by atoms with Crippen LogP contribution in [-0.2, 0) is 9.59 Å². The quantitative estimate of drug-likeness (QED) is 0.832. The second-order valence-corrected chi connectivity index (χ2v) is 7.24. The Morgan fingerprint density at radius 1 is 1.22 bits per heavy atom. The molecule has 2 amide bonds. The van der Waals surface area contributed by atoms with Crippen molar-refractivity contribution in [1.29, 1.82) is 5.26 Å². The predicted molar refractivity (Wildman–Crippen MR) is 105 cm³/mol. The van der Waals surface area contributed by atoms with E-state index in [9.17, 15) is 9.59 Å². The molecular weight excluding hydrogens is 386 g/mol. The van der Waals surface area contributed by atoms with Crippen LogP contribution >= 0.6 is 23.4 Å². The van der Waals surface area contributed by atoms with Crippen molar-refractivity contribution in [1.82, 2.24) is 4.90 Å². The van der Waals surface area contributed by atoms with Gasteiger partial charge in [-0.3, -0.25) is 9.59 Å². The first-order valence-electron chi connectivity index (χ1n) is 8.13. The number of nitrogens with one attached hydrogen (secondary N) is 1. The van der Waals surface area contributed by atoms with Gasteiger partial charge >= 0.3 is 0 Å². The molecular formula is C19H16ClN3O3S. The molecule has 8 heteroatoms. The summed E-state index contributed by atoms with van der Waals surface area (Å²) in [6, 6.07) is 14.8. The van der Waals surface area contributed by atoms with E-state index in [1.54, 1.807) is 48.5 Å². The third kappa shape index (κ3) is 4.94. The van der Waals surface area contributed by atoms with Crippen LogP contribution in [0.5, 0.6) is 5.75 Å². The van der Waals surface area contributed by atoms with Crippen LogP contribution in [0.3, 0.4) is 0 Å². The van der Waals surface area contributed by atoms with Gasteiger partial charge in [0.1, 0.15) is 11.8 Å². The highest BCUT2D eigenvalue weighted by molar-refractivity contribution is 7.99. The minimum Gasteiger partial charge on any atom is -0.484 e. The summed E-state index contributed by atoms with van der Waals surface area (Å²) < 4.78 is 5.49. The van der Waals surface area contributed by atoms with E-state index in [0.29, 0.717) is 33.7 Å². The first-order valence-corrected chi connectivity index (χ1v) is 9.66. The number of hydrogen-bond acceptors (Lipinski definition) is 5. The summed E-state index contributed by atoms with van der Waals surface area (Å²) in [5.41, 5.74) is 1.10. The number of nitrogens with zero attached hydrogens (tertiary/aromatic N) is 2. The van der Waals surface area contributed by atoms with E-state index in [1.165, 1.54) is 16.7 Å². The maximum Gasteiger partial charge on any atom is 0.261 e. The number of anilines is 1. The Labute approximate surface area is 166 Å². The molecule has 1 aliphatic rings. The maximum absolute atomic E-state index is 12.6. The summed E-state index contributed by atoms with van der Waals surface area (Å²) in [6.45, 7) is -0.150. The molecule has 0 aliphatic carbocycles. The lowest BCUT2D eigenvalue weighted by atomic mass is 10.2. The fraction of sp³-hybridized carbons (Fsp3) is 0.211. The van der Waals surface area contributed by atoms with E-state index in [2.05, 4.69) is 5.32 Å². The highest BCUT2D eigenvalue weighted by Crippen LogP contribution is 2.23. The molecule has 2 aromatic rings. The normalized spacial score (nSPS) is 15.9. The smallest absolute Gasteiger partial charge is 0.261 e. The molecule has 3 rings (SSSR count). The highest BCUT2D eigenvalue weighted by atomic mass is 35.5. The number of rotatable bonds is 5. The van der Waals surface area contributed by atoms with Gasteiger partial charge in [0, 0.05) is 16.5 Å². The van der Waals surface area contributed by atoms with Crippen LogP contribution in [0.25, 0.3) is 0 Å². The Kier molecular flexibility index (Phi) is 6.22. The Morgan fingerprint density at radius 2 is 1.93 bits per heavy atom. The van der Waals surface area contributed by atoms with Crippen molar-refractivity contribution in [3.8, 4) is 11.8 Å². The SMILES string of the molecule is N#Cc1ccc(NC(=O)C2CSCN2C(=O)COc2ccc(Cl)cc2)cc1. The topological polar surface area (TPSA) is 82.4 Å². The molecule has 1 unspecified atom stereocenters. The van der Waals surface area contributed by atoms with Gasteiger partial charge in [-0.2, -0.15) is 5.26 Å². The minimum atomic E-state index is -0.563. The second kappa shape index (κ2) is 8.80. The monoisotopic (exact) mass is 401 g/mol.